The minimum absolute atomic E-state index is 0.0161. The number of benzene rings is 2. The fourth-order valence-electron chi connectivity index (χ4n) is 3.60. The average molecular weight is 442 g/mol. The van der Waals surface area contributed by atoms with Crippen molar-refractivity contribution >= 4 is 28.1 Å². The number of pyridine rings is 1. The minimum atomic E-state index is -0.514. The second-order valence-corrected chi connectivity index (χ2v) is 7.43. The summed E-state index contributed by atoms with van der Waals surface area (Å²) in [7, 11) is 1.46. The molecule has 2 aromatic carbocycles. The van der Waals surface area contributed by atoms with Crippen LogP contribution in [-0.2, 0) is 13.0 Å². The Balaban J connectivity index is 1.50. The predicted octanol–water partition coefficient (Wildman–Crippen LogP) is 4.44. The van der Waals surface area contributed by atoms with Crippen LogP contribution in [0.1, 0.15) is 27.4 Å². The third-order valence-corrected chi connectivity index (χ3v) is 5.28. The summed E-state index contributed by atoms with van der Waals surface area (Å²) < 4.78 is 25.2. The Labute approximate surface area is 188 Å². The molecule has 3 aromatic heterocycles. The molecule has 1 N–H and O–H groups in total. The average Bonchev–Trinajstić information content (AvgIpc) is 3.23. The van der Waals surface area contributed by atoms with E-state index in [0.717, 1.165) is 5.56 Å². The summed E-state index contributed by atoms with van der Waals surface area (Å²) >= 11 is 0. The van der Waals surface area contributed by atoms with E-state index in [4.69, 9.17) is 9.15 Å². The molecule has 0 atom stereocenters. The van der Waals surface area contributed by atoms with Gasteiger partial charge in [-0.3, -0.25) is 4.79 Å². The van der Waals surface area contributed by atoms with Gasteiger partial charge in [0, 0.05) is 30.8 Å². The van der Waals surface area contributed by atoms with Crippen molar-refractivity contribution < 1.29 is 18.3 Å². The highest BCUT2D eigenvalue weighted by atomic mass is 19.1. The van der Waals surface area contributed by atoms with Crippen LogP contribution in [0, 0.1) is 5.82 Å². The van der Waals surface area contributed by atoms with Crippen molar-refractivity contribution in [2.75, 3.05) is 7.11 Å². The minimum Gasteiger partial charge on any atom is -0.497 e. The molecular formula is C25H19FN4O3. The Morgan fingerprint density at radius 2 is 1.94 bits per heavy atom. The second-order valence-electron chi connectivity index (χ2n) is 7.43. The number of amides is 1. The monoisotopic (exact) mass is 442 g/mol. The molecular weight excluding hydrogens is 423 g/mol. The van der Waals surface area contributed by atoms with Crippen molar-refractivity contribution in [1.82, 2.24) is 20.3 Å². The van der Waals surface area contributed by atoms with Crippen LogP contribution in [-0.4, -0.2) is 28.0 Å². The Morgan fingerprint density at radius 1 is 1.09 bits per heavy atom. The lowest BCUT2D eigenvalue weighted by atomic mass is 10.1. The predicted molar refractivity (Wildman–Crippen MR) is 120 cm³/mol. The lowest BCUT2D eigenvalue weighted by Gasteiger charge is -2.08. The highest BCUT2D eigenvalue weighted by Gasteiger charge is 2.20. The molecule has 0 fully saturated rings. The van der Waals surface area contributed by atoms with E-state index >= 15 is 0 Å². The van der Waals surface area contributed by atoms with Crippen LogP contribution < -0.4 is 10.1 Å². The van der Waals surface area contributed by atoms with E-state index < -0.39 is 11.7 Å². The van der Waals surface area contributed by atoms with Gasteiger partial charge in [-0.15, -0.1) is 0 Å². The van der Waals surface area contributed by atoms with Gasteiger partial charge in [0.1, 0.15) is 17.1 Å². The third kappa shape index (κ3) is 4.10. The number of carbonyl (C=O) groups is 1. The zero-order valence-corrected chi connectivity index (χ0v) is 17.7. The third-order valence-electron chi connectivity index (χ3n) is 5.28. The first kappa shape index (κ1) is 20.6. The van der Waals surface area contributed by atoms with Crippen LogP contribution in [0.5, 0.6) is 5.75 Å². The number of nitrogens with zero attached hydrogens (tertiary/aromatic N) is 3. The highest BCUT2D eigenvalue weighted by Crippen LogP contribution is 2.28. The topological polar surface area (TPSA) is 90.1 Å². The Bertz CT molecular complexity index is 1470. The number of nitrogens with one attached hydrogen (secondary N) is 1. The summed E-state index contributed by atoms with van der Waals surface area (Å²) in [6, 6.07) is 17.8. The van der Waals surface area contributed by atoms with Gasteiger partial charge >= 0.3 is 0 Å². The van der Waals surface area contributed by atoms with Gasteiger partial charge in [0.15, 0.2) is 5.58 Å². The summed E-state index contributed by atoms with van der Waals surface area (Å²) in [5.74, 6) is -0.598. The molecule has 5 rings (SSSR count). The molecule has 164 valence electrons. The van der Waals surface area contributed by atoms with Gasteiger partial charge in [-0.05, 0) is 23.8 Å². The van der Waals surface area contributed by atoms with E-state index in [1.54, 1.807) is 24.4 Å². The Hall–Kier alpha value is -4.33. The number of rotatable bonds is 6. The SMILES string of the molecule is COc1ccc(CNC(=O)c2nc(Cc3ccccc3)c3oc4ncccc4c3n2)c(F)c1. The number of hydrogen-bond donors (Lipinski definition) is 1. The molecule has 0 radical (unpaired) electrons. The van der Waals surface area contributed by atoms with Crippen LogP contribution in [0.25, 0.3) is 22.2 Å². The van der Waals surface area contributed by atoms with Crippen molar-refractivity contribution in [3.63, 3.8) is 0 Å². The number of hydrogen-bond acceptors (Lipinski definition) is 6. The van der Waals surface area contributed by atoms with Crippen molar-refractivity contribution in [3.05, 3.63) is 95.3 Å². The molecule has 1 amide bonds. The molecule has 0 saturated carbocycles. The van der Waals surface area contributed by atoms with Crippen molar-refractivity contribution in [1.29, 1.82) is 0 Å². The molecule has 0 saturated heterocycles. The number of aromatic nitrogens is 3. The molecule has 33 heavy (non-hydrogen) atoms. The fraction of sp³-hybridized carbons (Fsp3) is 0.120. The summed E-state index contributed by atoms with van der Waals surface area (Å²) in [5.41, 5.74) is 3.34. The van der Waals surface area contributed by atoms with Gasteiger partial charge in [0.25, 0.3) is 5.91 Å². The second kappa shape index (κ2) is 8.66. The molecule has 7 nitrogen and oxygen atoms in total. The first-order valence-corrected chi connectivity index (χ1v) is 10.3. The first-order valence-electron chi connectivity index (χ1n) is 10.3. The van der Waals surface area contributed by atoms with E-state index in [1.807, 2.05) is 36.4 Å². The first-order chi connectivity index (χ1) is 16.1. The Kier molecular flexibility index (Phi) is 5.40. The number of furan rings is 1. The lowest BCUT2D eigenvalue weighted by Crippen LogP contribution is -2.26. The summed E-state index contributed by atoms with van der Waals surface area (Å²) in [5, 5.41) is 3.39. The molecule has 8 heteroatoms. The zero-order chi connectivity index (χ0) is 22.8. The molecule has 0 bridgehead atoms. The lowest BCUT2D eigenvalue weighted by molar-refractivity contribution is 0.0940. The van der Waals surface area contributed by atoms with Crippen molar-refractivity contribution in [3.8, 4) is 5.75 Å². The Morgan fingerprint density at radius 3 is 2.73 bits per heavy atom. The van der Waals surface area contributed by atoms with Gasteiger partial charge in [-0.25, -0.2) is 19.3 Å². The van der Waals surface area contributed by atoms with Gasteiger partial charge in [-0.2, -0.15) is 0 Å². The smallest absolute Gasteiger partial charge is 0.289 e. The molecule has 3 heterocycles. The zero-order valence-electron chi connectivity index (χ0n) is 17.7. The summed E-state index contributed by atoms with van der Waals surface area (Å²) in [6.07, 6.45) is 2.08. The largest absolute Gasteiger partial charge is 0.497 e. The summed E-state index contributed by atoms with van der Waals surface area (Å²) in [6.45, 7) is -0.0161. The van der Waals surface area contributed by atoms with E-state index in [2.05, 4.69) is 20.3 Å². The van der Waals surface area contributed by atoms with E-state index in [1.165, 1.54) is 13.2 Å². The quantitative estimate of drug-likeness (QED) is 0.418. The van der Waals surface area contributed by atoms with Gasteiger partial charge in [-0.1, -0.05) is 36.4 Å². The molecule has 0 spiro atoms. The van der Waals surface area contributed by atoms with Crippen LogP contribution in [0.2, 0.25) is 0 Å². The van der Waals surface area contributed by atoms with Crippen molar-refractivity contribution in [2.45, 2.75) is 13.0 Å². The van der Waals surface area contributed by atoms with E-state index in [9.17, 15) is 9.18 Å². The van der Waals surface area contributed by atoms with Gasteiger partial charge in [0.2, 0.25) is 11.5 Å². The molecule has 0 aliphatic rings. The highest BCUT2D eigenvalue weighted by molar-refractivity contribution is 6.03. The molecule has 0 aliphatic heterocycles. The van der Waals surface area contributed by atoms with E-state index in [-0.39, 0.29) is 12.4 Å². The van der Waals surface area contributed by atoms with Crippen LogP contribution in [0.3, 0.4) is 0 Å². The normalized spacial score (nSPS) is 11.1. The molecule has 5 aromatic rings. The van der Waals surface area contributed by atoms with Crippen LogP contribution >= 0.6 is 0 Å². The van der Waals surface area contributed by atoms with Gasteiger partial charge in [0.05, 0.1) is 18.2 Å². The maximum atomic E-state index is 14.3. The number of halogens is 1. The maximum absolute atomic E-state index is 14.3. The van der Waals surface area contributed by atoms with Crippen LogP contribution in [0.15, 0.2) is 71.3 Å². The molecule has 0 unspecified atom stereocenters. The van der Waals surface area contributed by atoms with Gasteiger partial charge < -0.3 is 14.5 Å². The standard InChI is InChI=1S/C25H19FN4O3/c1-32-17-10-9-16(19(26)13-17)14-28-24(31)23-29-20(12-15-6-3-2-4-7-15)22-21(30-23)18-8-5-11-27-25(18)33-22/h2-11,13H,12,14H2,1H3,(H,28,31). The number of fused-ring (bicyclic) bond motifs is 3. The maximum Gasteiger partial charge on any atom is 0.289 e. The van der Waals surface area contributed by atoms with E-state index in [0.29, 0.717) is 45.6 Å². The van der Waals surface area contributed by atoms with Crippen LogP contribution in [0.4, 0.5) is 4.39 Å². The fourth-order valence-corrected chi connectivity index (χ4v) is 3.60. The number of methoxy groups -OCH3 is 1. The molecule has 0 aliphatic carbocycles. The summed E-state index contributed by atoms with van der Waals surface area (Å²) in [4.78, 5) is 26.1. The number of carbonyl (C=O) groups excluding carboxylic acids is 1. The number of ether oxygens (including phenoxy) is 1. The van der Waals surface area contributed by atoms with Crippen molar-refractivity contribution in [2.24, 2.45) is 0 Å².